The van der Waals surface area contributed by atoms with Crippen LogP contribution in [-0.2, 0) is 10.8 Å². The number of hydrogen-bond donors (Lipinski definition) is 1. The van der Waals surface area contributed by atoms with Crippen molar-refractivity contribution in [3.63, 3.8) is 0 Å². The van der Waals surface area contributed by atoms with E-state index in [9.17, 15) is 4.21 Å². The van der Waals surface area contributed by atoms with Crippen molar-refractivity contribution in [2.45, 2.75) is 38.1 Å². The second-order valence-corrected chi connectivity index (χ2v) is 5.41. The number of aryl methyl sites for hydroxylation is 2. The van der Waals surface area contributed by atoms with E-state index in [0.717, 1.165) is 22.4 Å². The third-order valence-electron chi connectivity index (χ3n) is 2.48. The van der Waals surface area contributed by atoms with Crippen LogP contribution in [-0.4, -0.2) is 16.0 Å². The molecule has 0 radical (unpaired) electrons. The fourth-order valence-corrected chi connectivity index (χ4v) is 2.90. The average Bonchev–Trinajstić information content (AvgIpc) is 2.21. The molecule has 0 aliphatic heterocycles. The highest BCUT2D eigenvalue weighted by molar-refractivity contribution is 7.85. The van der Waals surface area contributed by atoms with E-state index < -0.39 is 10.8 Å². The molecule has 0 aliphatic carbocycles. The summed E-state index contributed by atoms with van der Waals surface area (Å²) in [5.41, 5.74) is 8.04. The van der Waals surface area contributed by atoms with E-state index in [4.69, 9.17) is 5.73 Å². The molecule has 1 aromatic carbocycles. The summed E-state index contributed by atoms with van der Waals surface area (Å²) in [6.07, 6.45) is 0.872. The third-order valence-corrected chi connectivity index (χ3v) is 4.14. The molecule has 0 fully saturated rings. The molecule has 0 aromatic heterocycles. The van der Waals surface area contributed by atoms with Gasteiger partial charge in [0.2, 0.25) is 0 Å². The van der Waals surface area contributed by atoms with Crippen molar-refractivity contribution in [3.05, 3.63) is 29.3 Å². The fraction of sp³-hybridized carbons (Fsp3) is 0.500. The lowest BCUT2D eigenvalue weighted by atomic mass is 10.2. The average molecular weight is 225 g/mol. The maximum absolute atomic E-state index is 12.0. The Balaban J connectivity index is 2.86. The van der Waals surface area contributed by atoms with Crippen molar-refractivity contribution in [1.82, 2.24) is 0 Å². The van der Waals surface area contributed by atoms with Gasteiger partial charge >= 0.3 is 0 Å². The van der Waals surface area contributed by atoms with Crippen molar-refractivity contribution in [3.8, 4) is 0 Å². The van der Waals surface area contributed by atoms with Crippen LogP contribution < -0.4 is 5.73 Å². The molecule has 3 heteroatoms. The molecule has 0 saturated carbocycles. The van der Waals surface area contributed by atoms with Crippen LogP contribution in [0.5, 0.6) is 0 Å². The summed E-state index contributed by atoms with van der Waals surface area (Å²) in [7, 11) is -0.960. The predicted molar refractivity (Wildman–Crippen MR) is 65.5 cm³/mol. The molecule has 0 bridgehead atoms. The Labute approximate surface area is 94.3 Å². The summed E-state index contributed by atoms with van der Waals surface area (Å²) in [6, 6.07) is 6.08. The third kappa shape index (κ3) is 3.43. The van der Waals surface area contributed by atoms with Gasteiger partial charge in [0.05, 0.1) is 10.8 Å². The fourth-order valence-electron chi connectivity index (χ4n) is 1.35. The number of benzene rings is 1. The second-order valence-electron chi connectivity index (χ2n) is 3.95. The van der Waals surface area contributed by atoms with Gasteiger partial charge in [0.25, 0.3) is 0 Å². The molecule has 84 valence electrons. The van der Waals surface area contributed by atoms with Crippen LogP contribution in [0.4, 0.5) is 0 Å². The van der Waals surface area contributed by atoms with Crippen LogP contribution in [0.3, 0.4) is 0 Å². The van der Waals surface area contributed by atoms with E-state index in [1.165, 1.54) is 0 Å². The maximum Gasteiger partial charge on any atom is 0.0547 e. The molecule has 2 unspecified atom stereocenters. The Bertz CT molecular complexity index is 363. The molecule has 15 heavy (non-hydrogen) atoms. The molecule has 0 amide bonds. The summed E-state index contributed by atoms with van der Waals surface area (Å²) in [5, 5.41) is 0. The number of hydrogen-bond acceptors (Lipinski definition) is 2. The maximum atomic E-state index is 12.0. The van der Waals surface area contributed by atoms with Crippen molar-refractivity contribution in [2.75, 3.05) is 5.75 Å². The monoisotopic (exact) mass is 225 g/mol. The molecule has 1 rings (SSSR count). The van der Waals surface area contributed by atoms with Crippen LogP contribution in [0, 0.1) is 13.8 Å². The van der Waals surface area contributed by atoms with Gasteiger partial charge in [-0.2, -0.15) is 0 Å². The van der Waals surface area contributed by atoms with Crippen LogP contribution >= 0.6 is 0 Å². The molecular formula is C12H19NOS. The van der Waals surface area contributed by atoms with Crippen molar-refractivity contribution in [2.24, 2.45) is 5.73 Å². The zero-order valence-electron chi connectivity index (χ0n) is 9.62. The molecular weight excluding hydrogens is 206 g/mol. The first-order valence-corrected chi connectivity index (χ1v) is 6.57. The Morgan fingerprint density at radius 1 is 1.40 bits per heavy atom. The van der Waals surface area contributed by atoms with Gasteiger partial charge in [-0.1, -0.05) is 19.1 Å². The smallest absolute Gasteiger partial charge is 0.0547 e. The topological polar surface area (TPSA) is 43.1 Å². The first-order valence-electron chi connectivity index (χ1n) is 5.25. The van der Waals surface area contributed by atoms with E-state index in [1.54, 1.807) is 0 Å². The summed E-state index contributed by atoms with van der Waals surface area (Å²) >= 11 is 0. The zero-order valence-corrected chi connectivity index (χ0v) is 10.4. The van der Waals surface area contributed by atoms with Gasteiger partial charge in [0.15, 0.2) is 0 Å². The molecule has 0 heterocycles. The lowest BCUT2D eigenvalue weighted by Crippen LogP contribution is -2.26. The largest absolute Gasteiger partial charge is 0.327 e. The lowest BCUT2D eigenvalue weighted by Gasteiger charge is -2.10. The Kier molecular flexibility index (Phi) is 4.48. The van der Waals surface area contributed by atoms with Gasteiger partial charge in [-0.3, -0.25) is 4.21 Å². The standard InChI is InChI=1S/C12H19NOS/c1-4-11(13)8-15(14)12-7-9(2)5-6-10(12)3/h5-7,11H,4,8,13H2,1-3H3. The minimum absolute atomic E-state index is 0.0331. The minimum atomic E-state index is -0.960. The van der Waals surface area contributed by atoms with E-state index in [0.29, 0.717) is 5.75 Å². The molecule has 2 atom stereocenters. The lowest BCUT2D eigenvalue weighted by molar-refractivity contribution is 0.663. The molecule has 1 aromatic rings. The van der Waals surface area contributed by atoms with Crippen molar-refractivity contribution < 1.29 is 4.21 Å². The van der Waals surface area contributed by atoms with Gasteiger partial charge in [0.1, 0.15) is 0 Å². The quantitative estimate of drug-likeness (QED) is 0.853. The van der Waals surface area contributed by atoms with E-state index in [1.807, 2.05) is 39.0 Å². The van der Waals surface area contributed by atoms with E-state index in [-0.39, 0.29) is 6.04 Å². The van der Waals surface area contributed by atoms with Gasteiger partial charge in [-0.15, -0.1) is 0 Å². The van der Waals surface area contributed by atoms with E-state index >= 15 is 0 Å². The Morgan fingerprint density at radius 2 is 2.07 bits per heavy atom. The predicted octanol–water partition coefficient (Wildman–Crippen LogP) is 2.15. The van der Waals surface area contributed by atoms with Crippen LogP contribution in [0.15, 0.2) is 23.1 Å². The van der Waals surface area contributed by atoms with Gasteiger partial charge in [-0.05, 0) is 37.5 Å². The zero-order chi connectivity index (χ0) is 11.4. The highest BCUT2D eigenvalue weighted by Gasteiger charge is 2.10. The van der Waals surface area contributed by atoms with Gasteiger partial charge < -0.3 is 5.73 Å². The van der Waals surface area contributed by atoms with Crippen molar-refractivity contribution >= 4 is 10.8 Å². The van der Waals surface area contributed by atoms with Crippen LogP contribution in [0.1, 0.15) is 24.5 Å². The molecule has 2 N–H and O–H groups in total. The molecule has 0 aliphatic rings. The first-order chi connectivity index (χ1) is 7.04. The van der Waals surface area contributed by atoms with Crippen LogP contribution in [0.2, 0.25) is 0 Å². The summed E-state index contributed by atoms with van der Waals surface area (Å²) < 4.78 is 12.0. The van der Waals surface area contributed by atoms with Gasteiger partial charge in [0, 0.05) is 16.7 Å². The number of nitrogens with two attached hydrogens (primary N) is 1. The Morgan fingerprint density at radius 3 is 2.67 bits per heavy atom. The highest BCUT2D eigenvalue weighted by atomic mass is 32.2. The Hall–Kier alpha value is -0.670. The summed E-state index contributed by atoms with van der Waals surface area (Å²) in [6.45, 7) is 6.02. The number of rotatable bonds is 4. The van der Waals surface area contributed by atoms with Gasteiger partial charge in [-0.25, -0.2) is 0 Å². The SMILES string of the molecule is CCC(N)CS(=O)c1cc(C)ccc1C. The van der Waals surface area contributed by atoms with Crippen LogP contribution in [0.25, 0.3) is 0 Å². The second kappa shape index (κ2) is 5.42. The normalized spacial score (nSPS) is 14.9. The summed E-state index contributed by atoms with van der Waals surface area (Å²) in [5.74, 6) is 0.556. The molecule has 2 nitrogen and oxygen atoms in total. The molecule has 0 spiro atoms. The first kappa shape index (κ1) is 12.4. The minimum Gasteiger partial charge on any atom is -0.327 e. The summed E-state index contributed by atoms with van der Waals surface area (Å²) in [4.78, 5) is 0.930. The van der Waals surface area contributed by atoms with Crippen molar-refractivity contribution in [1.29, 1.82) is 0 Å². The highest BCUT2D eigenvalue weighted by Crippen LogP contribution is 2.15. The molecule has 0 saturated heterocycles. The van der Waals surface area contributed by atoms with E-state index in [2.05, 4.69) is 0 Å².